The zero-order chi connectivity index (χ0) is 18.4. The molecule has 0 radical (unpaired) electrons. The Morgan fingerprint density at radius 3 is 2.62 bits per heavy atom. The van der Waals surface area contributed by atoms with Gasteiger partial charge in [-0.3, -0.25) is 9.89 Å². The molecule has 26 heavy (non-hydrogen) atoms. The molecule has 1 unspecified atom stereocenters. The molecule has 1 amide bonds. The van der Waals surface area contributed by atoms with Crippen LogP contribution in [0.25, 0.3) is 0 Å². The van der Waals surface area contributed by atoms with E-state index < -0.39 is 5.60 Å². The minimum atomic E-state index is -0.468. The first-order valence-corrected chi connectivity index (χ1v) is 9.57. The van der Waals surface area contributed by atoms with Gasteiger partial charge in [-0.1, -0.05) is 6.92 Å². The van der Waals surface area contributed by atoms with Crippen LogP contribution in [-0.4, -0.2) is 72.3 Å². The first kappa shape index (κ1) is 23.3. The minimum Gasteiger partial charge on any atom is -0.444 e. The van der Waals surface area contributed by atoms with Crippen molar-refractivity contribution in [2.75, 3.05) is 32.7 Å². The van der Waals surface area contributed by atoms with Gasteiger partial charge in [0, 0.05) is 25.2 Å². The average Bonchev–Trinajstić information content (AvgIpc) is 3.25. The van der Waals surface area contributed by atoms with Crippen molar-refractivity contribution in [2.24, 2.45) is 10.7 Å². The second-order valence-electron chi connectivity index (χ2n) is 7.98. The fraction of sp³-hybridized carbons (Fsp3) is 0.889. The number of nitrogens with two attached hydrogens (primary N) is 1. The number of nitrogens with zero attached hydrogens (tertiary/aromatic N) is 3. The molecule has 3 N–H and O–H groups in total. The molecule has 0 spiro atoms. The van der Waals surface area contributed by atoms with Gasteiger partial charge < -0.3 is 20.7 Å². The number of carbonyl (C=O) groups excluding carboxylic acids is 1. The van der Waals surface area contributed by atoms with Crippen LogP contribution in [0.5, 0.6) is 0 Å². The van der Waals surface area contributed by atoms with Crippen LogP contribution >= 0.6 is 24.0 Å². The topological polar surface area (TPSA) is 83.2 Å². The molecule has 1 atom stereocenters. The summed E-state index contributed by atoms with van der Waals surface area (Å²) in [4.78, 5) is 21.0. The van der Waals surface area contributed by atoms with Crippen molar-refractivity contribution < 1.29 is 9.53 Å². The fourth-order valence-electron chi connectivity index (χ4n) is 3.21. The summed E-state index contributed by atoms with van der Waals surface area (Å²) in [5, 5.41) is 3.13. The Hall–Kier alpha value is -0.770. The second kappa shape index (κ2) is 10.5. The summed E-state index contributed by atoms with van der Waals surface area (Å²) in [7, 11) is 0. The number of hydrogen-bond acceptors (Lipinski definition) is 4. The van der Waals surface area contributed by atoms with E-state index in [1.54, 1.807) is 4.90 Å². The Kier molecular flexibility index (Phi) is 9.43. The Morgan fingerprint density at radius 2 is 2.04 bits per heavy atom. The van der Waals surface area contributed by atoms with Crippen LogP contribution in [0.4, 0.5) is 4.79 Å². The lowest BCUT2D eigenvalue weighted by Gasteiger charge is -2.27. The van der Waals surface area contributed by atoms with Crippen molar-refractivity contribution in [3.63, 3.8) is 0 Å². The monoisotopic (exact) mass is 481 g/mol. The van der Waals surface area contributed by atoms with E-state index in [0.29, 0.717) is 31.1 Å². The summed E-state index contributed by atoms with van der Waals surface area (Å²) in [6.07, 6.45) is 4.30. The second-order valence-corrected chi connectivity index (χ2v) is 7.98. The molecule has 0 aromatic rings. The molecule has 2 aliphatic rings. The maximum Gasteiger partial charge on any atom is 0.410 e. The van der Waals surface area contributed by atoms with Gasteiger partial charge in [0.15, 0.2) is 5.96 Å². The van der Waals surface area contributed by atoms with Crippen molar-refractivity contribution in [3.8, 4) is 0 Å². The molecule has 8 heteroatoms. The number of hydrogen-bond donors (Lipinski definition) is 2. The predicted molar refractivity (Wildman–Crippen MR) is 116 cm³/mol. The number of likely N-dealkylation sites (N-methyl/N-ethyl adjacent to an activating group) is 1. The van der Waals surface area contributed by atoms with Gasteiger partial charge in [0.25, 0.3) is 0 Å². The molecule has 1 aliphatic heterocycles. The summed E-state index contributed by atoms with van der Waals surface area (Å²) >= 11 is 0. The van der Waals surface area contributed by atoms with Crippen LogP contribution in [0.1, 0.15) is 53.4 Å². The van der Waals surface area contributed by atoms with Gasteiger partial charge in [-0.15, -0.1) is 24.0 Å². The number of ether oxygens (including phenoxy) is 1. The molecule has 0 bridgehead atoms. The van der Waals surface area contributed by atoms with Crippen molar-refractivity contribution in [3.05, 3.63) is 0 Å². The predicted octanol–water partition coefficient (Wildman–Crippen LogP) is 2.39. The highest BCUT2D eigenvalue weighted by Crippen LogP contribution is 2.28. The van der Waals surface area contributed by atoms with E-state index in [1.165, 1.54) is 12.8 Å². The van der Waals surface area contributed by atoms with E-state index in [4.69, 9.17) is 10.5 Å². The molecular formula is C18H36IN5O2. The highest BCUT2D eigenvalue weighted by atomic mass is 127. The first-order valence-electron chi connectivity index (χ1n) is 9.57. The van der Waals surface area contributed by atoms with E-state index >= 15 is 0 Å². The number of amides is 1. The van der Waals surface area contributed by atoms with Crippen LogP contribution in [-0.2, 0) is 4.74 Å². The number of halogens is 1. The van der Waals surface area contributed by atoms with Gasteiger partial charge in [0.05, 0.1) is 6.54 Å². The molecule has 1 heterocycles. The Bertz CT molecular complexity index is 477. The maximum absolute atomic E-state index is 12.3. The largest absolute Gasteiger partial charge is 0.444 e. The molecular weight excluding hydrogens is 445 g/mol. The smallest absolute Gasteiger partial charge is 0.410 e. The molecule has 152 valence electrons. The van der Waals surface area contributed by atoms with Crippen LogP contribution in [0.3, 0.4) is 0 Å². The van der Waals surface area contributed by atoms with Crippen LogP contribution in [0, 0.1) is 0 Å². The Balaban J connectivity index is 0.00000338. The van der Waals surface area contributed by atoms with Crippen molar-refractivity contribution >= 4 is 36.0 Å². The normalized spacial score (nSPS) is 21.2. The minimum absolute atomic E-state index is 0. The third-order valence-corrected chi connectivity index (χ3v) is 4.65. The van der Waals surface area contributed by atoms with E-state index in [-0.39, 0.29) is 30.1 Å². The van der Waals surface area contributed by atoms with E-state index in [2.05, 4.69) is 22.1 Å². The lowest BCUT2D eigenvalue weighted by molar-refractivity contribution is 0.0238. The number of nitrogens with one attached hydrogen (secondary N) is 1. The third-order valence-electron chi connectivity index (χ3n) is 4.65. The molecule has 1 saturated carbocycles. The van der Waals surface area contributed by atoms with E-state index in [1.807, 2.05) is 20.8 Å². The summed E-state index contributed by atoms with van der Waals surface area (Å²) < 4.78 is 5.49. The average molecular weight is 481 g/mol. The fourth-order valence-corrected chi connectivity index (χ4v) is 3.21. The number of carbonyl (C=O) groups is 1. The van der Waals surface area contributed by atoms with Crippen molar-refractivity contribution in [2.45, 2.75) is 71.1 Å². The molecule has 1 saturated heterocycles. The standard InChI is InChI=1S/C18H35N5O2.HI/c1-5-22-11-6-7-15(22)13-21-16(19)20-10-12-23(14-8-9-14)17(24)25-18(2,3)4;/h14-15H,5-13H2,1-4H3,(H3,19,20,21);1H. The van der Waals surface area contributed by atoms with Crippen molar-refractivity contribution in [1.29, 1.82) is 0 Å². The highest BCUT2D eigenvalue weighted by Gasteiger charge is 2.34. The number of rotatable bonds is 7. The maximum atomic E-state index is 12.3. The van der Waals surface area contributed by atoms with Crippen molar-refractivity contribution in [1.82, 2.24) is 15.1 Å². The van der Waals surface area contributed by atoms with Gasteiger partial charge in [0.1, 0.15) is 5.60 Å². The molecule has 0 aromatic carbocycles. The summed E-state index contributed by atoms with van der Waals surface area (Å²) in [5.41, 5.74) is 5.51. The summed E-state index contributed by atoms with van der Waals surface area (Å²) in [6, 6.07) is 0.821. The van der Waals surface area contributed by atoms with Gasteiger partial charge in [0.2, 0.25) is 0 Å². The number of aliphatic imine (C=N–C) groups is 1. The Labute approximate surface area is 175 Å². The van der Waals surface area contributed by atoms with Gasteiger partial charge in [-0.05, 0) is 59.5 Å². The zero-order valence-electron chi connectivity index (χ0n) is 16.7. The third kappa shape index (κ3) is 7.85. The Morgan fingerprint density at radius 1 is 1.35 bits per heavy atom. The zero-order valence-corrected chi connectivity index (χ0v) is 19.0. The van der Waals surface area contributed by atoms with Crippen LogP contribution in [0.15, 0.2) is 4.99 Å². The first-order chi connectivity index (χ1) is 11.8. The summed E-state index contributed by atoms with van der Waals surface area (Å²) in [5.74, 6) is 0.461. The van der Waals surface area contributed by atoms with E-state index in [9.17, 15) is 4.79 Å². The highest BCUT2D eigenvalue weighted by molar-refractivity contribution is 14.0. The molecule has 0 aromatic heterocycles. The van der Waals surface area contributed by atoms with Crippen LogP contribution in [0.2, 0.25) is 0 Å². The van der Waals surface area contributed by atoms with Gasteiger partial charge in [-0.25, -0.2) is 4.79 Å². The summed E-state index contributed by atoms with van der Waals surface area (Å²) in [6.45, 7) is 12.0. The van der Waals surface area contributed by atoms with Gasteiger partial charge >= 0.3 is 6.09 Å². The molecule has 1 aliphatic carbocycles. The van der Waals surface area contributed by atoms with E-state index in [0.717, 1.165) is 32.5 Å². The molecule has 2 fully saturated rings. The quantitative estimate of drug-likeness (QED) is 0.332. The lowest BCUT2D eigenvalue weighted by atomic mass is 10.2. The SMILES string of the molecule is CCN1CCCC1CN=C(N)NCCN(C(=O)OC(C)(C)C)C1CC1.I. The van der Waals surface area contributed by atoms with Crippen LogP contribution < -0.4 is 11.1 Å². The molecule has 2 rings (SSSR count). The number of guanidine groups is 1. The lowest BCUT2D eigenvalue weighted by Crippen LogP contribution is -2.44. The molecule has 7 nitrogen and oxygen atoms in total. The van der Waals surface area contributed by atoms with Gasteiger partial charge in [-0.2, -0.15) is 0 Å². The number of likely N-dealkylation sites (tertiary alicyclic amines) is 1.